The third-order valence-corrected chi connectivity index (χ3v) is 2.97. The second-order valence-corrected chi connectivity index (χ2v) is 4.33. The molecule has 0 spiro atoms. The highest BCUT2D eigenvalue weighted by molar-refractivity contribution is 5.96. The first-order chi connectivity index (χ1) is 9.86. The maximum absolute atomic E-state index is 12.7. The molecule has 0 aliphatic heterocycles. The summed E-state index contributed by atoms with van der Waals surface area (Å²) in [4.78, 5) is 13.0. The summed E-state index contributed by atoms with van der Waals surface area (Å²) < 4.78 is 42.8. The largest absolute Gasteiger partial charge is 0.475 e. The zero-order valence-corrected chi connectivity index (χ0v) is 10.2. The van der Waals surface area contributed by atoms with Crippen LogP contribution in [0.5, 0.6) is 0 Å². The molecule has 2 aromatic heterocycles. The minimum atomic E-state index is -4.49. The molecule has 1 aromatic carbocycles. The lowest BCUT2D eigenvalue weighted by atomic mass is 10.1. The first-order valence-electron chi connectivity index (χ1n) is 5.75. The van der Waals surface area contributed by atoms with Crippen molar-refractivity contribution in [1.29, 1.82) is 0 Å². The predicted molar refractivity (Wildman–Crippen MR) is 65.8 cm³/mol. The van der Waals surface area contributed by atoms with Crippen molar-refractivity contribution >= 4 is 16.9 Å². The maximum atomic E-state index is 12.7. The number of alkyl halides is 3. The van der Waals surface area contributed by atoms with E-state index in [1.54, 1.807) is 12.1 Å². The Morgan fingerprint density at radius 1 is 1.29 bits per heavy atom. The second-order valence-electron chi connectivity index (χ2n) is 4.33. The third kappa shape index (κ3) is 2.24. The molecular formula is C13H7F3N2O3. The molecule has 8 heteroatoms. The van der Waals surface area contributed by atoms with Gasteiger partial charge in [0.15, 0.2) is 0 Å². The molecule has 0 saturated heterocycles. The van der Waals surface area contributed by atoms with Gasteiger partial charge in [-0.15, -0.1) is 0 Å². The van der Waals surface area contributed by atoms with Crippen LogP contribution >= 0.6 is 0 Å². The summed E-state index contributed by atoms with van der Waals surface area (Å²) in [5, 5.41) is 12.6. The molecule has 0 amide bonds. The lowest BCUT2D eigenvalue weighted by molar-refractivity contribution is -0.140. The molecule has 0 aliphatic rings. The maximum Gasteiger partial charge on any atom is 0.431 e. The van der Waals surface area contributed by atoms with E-state index in [9.17, 15) is 18.0 Å². The van der Waals surface area contributed by atoms with Gasteiger partial charge in [0.2, 0.25) is 5.76 Å². The molecule has 3 aromatic rings. The molecule has 5 nitrogen and oxygen atoms in total. The van der Waals surface area contributed by atoms with Crippen LogP contribution in [-0.4, -0.2) is 21.2 Å². The minimum absolute atomic E-state index is 0.158. The summed E-state index contributed by atoms with van der Waals surface area (Å²) in [6.45, 7) is 0. The van der Waals surface area contributed by atoms with Gasteiger partial charge in [0.1, 0.15) is 11.4 Å². The van der Waals surface area contributed by atoms with Crippen LogP contribution in [-0.2, 0) is 6.18 Å². The number of carboxylic acid groups (broad SMARTS) is 1. The van der Waals surface area contributed by atoms with E-state index in [1.807, 2.05) is 0 Å². The van der Waals surface area contributed by atoms with Gasteiger partial charge in [-0.3, -0.25) is 0 Å². The number of aromatic carboxylic acids is 1. The summed E-state index contributed by atoms with van der Waals surface area (Å²) in [5.41, 5.74) is -0.0900. The van der Waals surface area contributed by atoms with Crippen LogP contribution in [0.15, 0.2) is 34.9 Å². The fourth-order valence-corrected chi connectivity index (χ4v) is 2.03. The Hall–Kier alpha value is -2.77. The number of carbonyl (C=O) groups is 1. The first-order valence-corrected chi connectivity index (χ1v) is 5.75. The zero-order chi connectivity index (χ0) is 15.2. The molecule has 2 heterocycles. The Labute approximate surface area is 115 Å². The number of hydrogen-bond acceptors (Lipinski definition) is 3. The number of H-pyrrole nitrogens is 1. The minimum Gasteiger partial charge on any atom is -0.475 e. The molecule has 0 aliphatic carbocycles. The molecule has 0 radical (unpaired) electrons. The number of fused-ring (bicyclic) bond motifs is 1. The topological polar surface area (TPSA) is 79.1 Å². The number of aromatic nitrogens is 2. The van der Waals surface area contributed by atoms with Crippen molar-refractivity contribution < 1.29 is 27.6 Å². The van der Waals surface area contributed by atoms with Gasteiger partial charge >= 0.3 is 12.1 Å². The molecule has 21 heavy (non-hydrogen) atoms. The van der Waals surface area contributed by atoms with Gasteiger partial charge in [0.05, 0.1) is 0 Å². The molecule has 0 saturated carbocycles. The van der Waals surface area contributed by atoms with Gasteiger partial charge in [-0.1, -0.05) is 17.3 Å². The molecule has 0 unspecified atom stereocenters. The predicted octanol–water partition coefficient (Wildman–Crippen LogP) is 3.54. The van der Waals surface area contributed by atoms with Crippen molar-refractivity contribution in [3.8, 4) is 11.3 Å². The highest BCUT2D eigenvalue weighted by atomic mass is 19.4. The third-order valence-electron chi connectivity index (χ3n) is 2.97. The van der Waals surface area contributed by atoms with E-state index in [0.29, 0.717) is 5.56 Å². The van der Waals surface area contributed by atoms with Crippen molar-refractivity contribution in [2.45, 2.75) is 6.18 Å². The van der Waals surface area contributed by atoms with Crippen LogP contribution in [0.25, 0.3) is 22.2 Å². The van der Waals surface area contributed by atoms with E-state index >= 15 is 0 Å². The van der Waals surface area contributed by atoms with Gasteiger partial charge in [-0.05, 0) is 12.1 Å². The fraction of sp³-hybridized carbons (Fsp3) is 0.0769. The van der Waals surface area contributed by atoms with Gasteiger partial charge in [-0.25, -0.2) is 4.79 Å². The standard InChI is InChI=1S/C13H7F3N2O3/c14-13(15,16)11-4-7-6(2-1-3-8(7)17-11)9-5-10(12(19)20)21-18-9/h1-5,17H,(H,19,20). The number of rotatable bonds is 2. The van der Waals surface area contributed by atoms with Gasteiger partial charge in [-0.2, -0.15) is 13.2 Å². The number of nitrogens with zero attached hydrogens (tertiary/aromatic N) is 1. The number of nitrogens with one attached hydrogen (secondary N) is 1. The Morgan fingerprint density at radius 2 is 2.05 bits per heavy atom. The lowest BCUT2D eigenvalue weighted by Crippen LogP contribution is -2.04. The first kappa shape index (κ1) is 13.2. The van der Waals surface area contributed by atoms with Gasteiger partial charge in [0.25, 0.3) is 0 Å². The summed E-state index contributed by atoms with van der Waals surface area (Å²) >= 11 is 0. The van der Waals surface area contributed by atoms with Crippen molar-refractivity contribution in [2.24, 2.45) is 0 Å². The number of aromatic amines is 1. The van der Waals surface area contributed by atoms with Crippen LogP contribution in [0.1, 0.15) is 16.2 Å². The summed E-state index contributed by atoms with van der Waals surface area (Å²) in [6.07, 6.45) is -4.49. The van der Waals surface area contributed by atoms with Crippen molar-refractivity contribution in [3.05, 3.63) is 41.8 Å². The molecule has 2 N–H and O–H groups in total. The summed E-state index contributed by atoms with van der Waals surface area (Å²) in [5.74, 6) is -1.68. The Morgan fingerprint density at radius 3 is 2.67 bits per heavy atom. The average molecular weight is 296 g/mol. The van der Waals surface area contributed by atoms with E-state index in [2.05, 4.69) is 14.7 Å². The lowest BCUT2D eigenvalue weighted by Gasteiger charge is -2.00. The van der Waals surface area contributed by atoms with E-state index in [0.717, 1.165) is 12.1 Å². The monoisotopic (exact) mass is 296 g/mol. The van der Waals surface area contributed by atoms with Crippen molar-refractivity contribution in [1.82, 2.24) is 10.1 Å². The van der Waals surface area contributed by atoms with E-state index in [1.165, 1.54) is 6.07 Å². The fourth-order valence-electron chi connectivity index (χ4n) is 2.03. The Kier molecular flexibility index (Phi) is 2.75. The Bertz CT molecular complexity index is 833. The normalized spacial score (nSPS) is 12.0. The number of halogens is 3. The van der Waals surface area contributed by atoms with Gasteiger partial charge in [0, 0.05) is 22.5 Å². The number of benzene rings is 1. The number of carboxylic acids is 1. The van der Waals surface area contributed by atoms with Crippen LogP contribution in [0.2, 0.25) is 0 Å². The smallest absolute Gasteiger partial charge is 0.431 e. The quantitative estimate of drug-likeness (QED) is 0.758. The average Bonchev–Trinajstić information content (AvgIpc) is 3.04. The van der Waals surface area contributed by atoms with Crippen molar-refractivity contribution in [2.75, 3.05) is 0 Å². The Balaban J connectivity index is 2.18. The SMILES string of the molecule is O=C(O)c1cc(-c2cccc3[nH]c(C(F)(F)F)cc23)no1. The van der Waals surface area contributed by atoms with E-state index in [-0.39, 0.29) is 22.4 Å². The molecule has 0 atom stereocenters. The van der Waals surface area contributed by atoms with Crippen LogP contribution in [0, 0.1) is 0 Å². The van der Waals surface area contributed by atoms with E-state index in [4.69, 9.17) is 5.11 Å². The zero-order valence-electron chi connectivity index (χ0n) is 10.2. The van der Waals surface area contributed by atoms with Crippen molar-refractivity contribution in [3.63, 3.8) is 0 Å². The molecule has 108 valence electrons. The van der Waals surface area contributed by atoms with Crippen LogP contribution in [0.3, 0.4) is 0 Å². The molecule has 3 rings (SSSR count). The van der Waals surface area contributed by atoms with Crippen LogP contribution < -0.4 is 0 Å². The van der Waals surface area contributed by atoms with Gasteiger partial charge < -0.3 is 14.6 Å². The molecule has 0 bridgehead atoms. The van der Waals surface area contributed by atoms with E-state index < -0.39 is 17.8 Å². The van der Waals surface area contributed by atoms with Crippen LogP contribution in [0.4, 0.5) is 13.2 Å². The highest BCUT2D eigenvalue weighted by Crippen LogP contribution is 2.35. The summed E-state index contributed by atoms with van der Waals surface area (Å²) in [7, 11) is 0. The summed E-state index contributed by atoms with van der Waals surface area (Å²) in [6, 6.07) is 6.70. The number of hydrogen-bond donors (Lipinski definition) is 2. The second kappa shape index (κ2) is 4.37. The molecule has 0 fully saturated rings. The molecular weight excluding hydrogens is 289 g/mol. The highest BCUT2D eigenvalue weighted by Gasteiger charge is 2.33.